The molecule has 1 unspecified atom stereocenters. The Kier molecular flexibility index (Phi) is 2.64. The van der Waals surface area contributed by atoms with Crippen LogP contribution in [0.4, 0.5) is 0 Å². The second kappa shape index (κ2) is 3.80. The number of Topliss-reactive ketones (excluding diaryl/α,β-unsaturated/α-hetero) is 1. The fraction of sp³-hybridized carbons (Fsp3) is 0.500. The van der Waals surface area contributed by atoms with Gasteiger partial charge in [-0.1, -0.05) is 39.0 Å². The SMILES string of the molecule is CC(C)c1ccc2c(c1)C(C)CCC2=O. The van der Waals surface area contributed by atoms with E-state index >= 15 is 0 Å². The van der Waals surface area contributed by atoms with Gasteiger partial charge < -0.3 is 0 Å². The van der Waals surface area contributed by atoms with Gasteiger partial charge in [-0.2, -0.15) is 0 Å². The Morgan fingerprint density at radius 1 is 1.33 bits per heavy atom. The summed E-state index contributed by atoms with van der Waals surface area (Å²) in [6.45, 7) is 6.60. The lowest BCUT2D eigenvalue weighted by Crippen LogP contribution is -2.14. The highest BCUT2D eigenvalue weighted by molar-refractivity contribution is 5.98. The molecule has 2 rings (SSSR count). The molecule has 0 fully saturated rings. The third-order valence-corrected chi connectivity index (χ3v) is 3.38. The Labute approximate surface area is 91.5 Å². The van der Waals surface area contributed by atoms with E-state index in [9.17, 15) is 4.79 Å². The van der Waals surface area contributed by atoms with Gasteiger partial charge in [0.05, 0.1) is 0 Å². The normalized spacial score (nSPS) is 20.5. The Bertz CT molecular complexity index is 390. The fourth-order valence-electron chi connectivity index (χ4n) is 2.24. The summed E-state index contributed by atoms with van der Waals surface area (Å²) in [6, 6.07) is 6.34. The topological polar surface area (TPSA) is 17.1 Å². The van der Waals surface area contributed by atoms with Gasteiger partial charge in [-0.15, -0.1) is 0 Å². The van der Waals surface area contributed by atoms with Crippen LogP contribution in [0, 0.1) is 0 Å². The van der Waals surface area contributed by atoms with Gasteiger partial charge in [0.15, 0.2) is 5.78 Å². The Morgan fingerprint density at radius 3 is 2.73 bits per heavy atom. The van der Waals surface area contributed by atoms with Crippen molar-refractivity contribution in [2.45, 2.75) is 45.4 Å². The van der Waals surface area contributed by atoms with Crippen LogP contribution in [0.3, 0.4) is 0 Å². The first-order valence-electron chi connectivity index (χ1n) is 5.76. The number of benzene rings is 1. The fourth-order valence-corrected chi connectivity index (χ4v) is 2.24. The highest BCUT2D eigenvalue weighted by Crippen LogP contribution is 2.33. The Balaban J connectivity index is 2.50. The standard InChI is InChI=1S/C14H18O/c1-9(2)11-5-6-12-13(8-11)10(3)4-7-14(12)15/h5-6,8-10H,4,7H2,1-3H3. The average molecular weight is 202 g/mol. The molecule has 0 saturated carbocycles. The zero-order valence-corrected chi connectivity index (χ0v) is 9.71. The molecule has 1 aliphatic carbocycles. The number of carbonyl (C=O) groups excluding carboxylic acids is 1. The number of carbonyl (C=O) groups is 1. The van der Waals surface area contributed by atoms with Crippen molar-refractivity contribution in [3.05, 3.63) is 34.9 Å². The van der Waals surface area contributed by atoms with Crippen LogP contribution < -0.4 is 0 Å². The zero-order chi connectivity index (χ0) is 11.0. The van der Waals surface area contributed by atoms with Crippen LogP contribution in [0.2, 0.25) is 0 Å². The molecule has 0 amide bonds. The molecule has 15 heavy (non-hydrogen) atoms. The summed E-state index contributed by atoms with van der Waals surface area (Å²) in [5, 5.41) is 0. The third-order valence-electron chi connectivity index (χ3n) is 3.38. The summed E-state index contributed by atoms with van der Waals surface area (Å²) in [5.74, 6) is 1.40. The van der Waals surface area contributed by atoms with Gasteiger partial charge in [-0.05, 0) is 29.4 Å². The first kappa shape index (κ1) is 10.4. The zero-order valence-electron chi connectivity index (χ0n) is 9.71. The number of rotatable bonds is 1. The monoisotopic (exact) mass is 202 g/mol. The molecular weight excluding hydrogens is 184 g/mol. The minimum Gasteiger partial charge on any atom is -0.294 e. The molecule has 0 saturated heterocycles. The van der Waals surface area contributed by atoms with Crippen molar-refractivity contribution < 1.29 is 4.79 Å². The van der Waals surface area contributed by atoms with Crippen molar-refractivity contribution >= 4 is 5.78 Å². The molecule has 1 nitrogen and oxygen atoms in total. The van der Waals surface area contributed by atoms with Gasteiger partial charge >= 0.3 is 0 Å². The maximum absolute atomic E-state index is 11.7. The van der Waals surface area contributed by atoms with E-state index < -0.39 is 0 Å². The van der Waals surface area contributed by atoms with Crippen molar-refractivity contribution in [2.75, 3.05) is 0 Å². The summed E-state index contributed by atoms with van der Waals surface area (Å²) in [4.78, 5) is 11.7. The highest BCUT2D eigenvalue weighted by atomic mass is 16.1. The number of hydrogen-bond acceptors (Lipinski definition) is 1. The predicted molar refractivity (Wildman–Crippen MR) is 62.5 cm³/mol. The van der Waals surface area contributed by atoms with Crippen LogP contribution in [0.15, 0.2) is 18.2 Å². The molecule has 0 N–H and O–H groups in total. The number of fused-ring (bicyclic) bond motifs is 1. The van der Waals surface area contributed by atoms with Crippen LogP contribution >= 0.6 is 0 Å². The molecule has 0 spiro atoms. The van der Waals surface area contributed by atoms with Crippen molar-refractivity contribution in [2.24, 2.45) is 0 Å². The van der Waals surface area contributed by atoms with Crippen molar-refractivity contribution in [3.8, 4) is 0 Å². The minimum absolute atomic E-state index is 0.318. The first-order chi connectivity index (χ1) is 7.09. The molecule has 80 valence electrons. The molecule has 0 heterocycles. The number of hydrogen-bond donors (Lipinski definition) is 0. The molecule has 1 heteroatoms. The van der Waals surface area contributed by atoms with E-state index in [4.69, 9.17) is 0 Å². The molecule has 0 bridgehead atoms. The van der Waals surface area contributed by atoms with Crippen molar-refractivity contribution in [3.63, 3.8) is 0 Å². The van der Waals surface area contributed by atoms with E-state index in [1.165, 1.54) is 11.1 Å². The van der Waals surface area contributed by atoms with E-state index in [1.807, 2.05) is 6.07 Å². The van der Waals surface area contributed by atoms with Crippen molar-refractivity contribution in [1.82, 2.24) is 0 Å². The molecule has 0 aromatic heterocycles. The molecular formula is C14H18O. The van der Waals surface area contributed by atoms with Crippen LogP contribution in [0.5, 0.6) is 0 Å². The summed E-state index contributed by atoms with van der Waals surface area (Å²) >= 11 is 0. The van der Waals surface area contributed by atoms with Crippen molar-refractivity contribution in [1.29, 1.82) is 0 Å². The maximum atomic E-state index is 11.7. The molecule has 0 radical (unpaired) electrons. The molecule has 1 atom stereocenters. The summed E-state index contributed by atoms with van der Waals surface area (Å²) < 4.78 is 0. The summed E-state index contributed by atoms with van der Waals surface area (Å²) in [7, 11) is 0. The lowest BCUT2D eigenvalue weighted by molar-refractivity contribution is 0.0968. The van der Waals surface area contributed by atoms with E-state index in [0.717, 1.165) is 18.4 Å². The van der Waals surface area contributed by atoms with Gasteiger partial charge in [0.2, 0.25) is 0 Å². The first-order valence-corrected chi connectivity index (χ1v) is 5.76. The van der Waals surface area contributed by atoms with Crippen LogP contribution in [-0.2, 0) is 0 Å². The smallest absolute Gasteiger partial charge is 0.163 e. The average Bonchev–Trinajstić information content (AvgIpc) is 2.23. The van der Waals surface area contributed by atoms with Gasteiger partial charge in [0.25, 0.3) is 0 Å². The van der Waals surface area contributed by atoms with Gasteiger partial charge in [0, 0.05) is 12.0 Å². The molecule has 1 aliphatic rings. The van der Waals surface area contributed by atoms with Gasteiger partial charge in [-0.3, -0.25) is 4.79 Å². The van der Waals surface area contributed by atoms with E-state index in [0.29, 0.717) is 17.6 Å². The predicted octanol–water partition coefficient (Wildman–Crippen LogP) is 3.89. The van der Waals surface area contributed by atoms with Gasteiger partial charge in [0.1, 0.15) is 0 Å². The Morgan fingerprint density at radius 2 is 2.07 bits per heavy atom. The summed E-state index contributed by atoms with van der Waals surface area (Å²) in [5.41, 5.74) is 3.56. The maximum Gasteiger partial charge on any atom is 0.163 e. The van der Waals surface area contributed by atoms with Crippen LogP contribution in [0.1, 0.15) is 66.9 Å². The molecule has 0 aliphatic heterocycles. The largest absolute Gasteiger partial charge is 0.294 e. The molecule has 1 aromatic rings. The van der Waals surface area contributed by atoms with E-state index in [2.05, 4.69) is 32.9 Å². The highest BCUT2D eigenvalue weighted by Gasteiger charge is 2.22. The van der Waals surface area contributed by atoms with E-state index in [1.54, 1.807) is 0 Å². The quantitative estimate of drug-likeness (QED) is 0.675. The lowest BCUT2D eigenvalue weighted by Gasteiger charge is -2.22. The lowest BCUT2D eigenvalue weighted by atomic mass is 9.81. The second-order valence-corrected chi connectivity index (χ2v) is 4.86. The molecule has 1 aromatic carbocycles. The third kappa shape index (κ3) is 1.83. The van der Waals surface area contributed by atoms with Gasteiger partial charge in [-0.25, -0.2) is 0 Å². The van der Waals surface area contributed by atoms with Crippen LogP contribution in [-0.4, -0.2) is 5.78 Å². The summed E-state index contributed by atoms with van der Waals surface area (Å²) in [6.07, 6.45) is 1.72. The number of ketones is 1. The van der Waals surface area contributed by atoms with Crippen LogP contribution in [0.25, 0.3) is 0 Å². The second-order valence-electron chi connectivity index (χ2n) is 4.86. The minimum atomic E-state index is 0.318. The van der Waals surface area contributed by atoms with E-state index in [-0.39, 0.29) is 0 Å². The Hall–Kier alpha value is -1.11.